The van der Waals surface area contributed by atoms with E-state index in [9.17, 15) is 14.4 Å². The number of rotatable bonds is 4. The zero-order chi connectivity index (χ0) is 20.4. The van der Waals surface area contributed by atoms with Gasteiger partial charge in [0.25, 0.3) is 5.91 Å². The number of piperazine rings is 1. The van der Waals surface area contributed by atoms with Crippen molar-refractivity contribution in [3.63, 3.8) is 0 Å². The first kappa shape index (κ1) is 19.0. The van der Waals surface area contributed by atoms with Crippen molar-refractivity contribution in [2.45, 2.75) is 6.42 Å². The number of nitrogens with zero attached hydrogens (tertiary/aromatic N) is 3. The largest absolute Gasteiger partial charge is 0.497 e. The molecule has 150 valence electrons. The van der Waals surface area contributed by atoms with E-state index in [4.69, 9.17) is 4.74 Å². The van der Waals surface area contributed by atoms with Gasteiger partial charge in [0.05, 0.1) is 13.5 Å². The number of methoxy groups -OCH3 is 1. The second kappa shape index (κ2) is 7.95. The lowest BCUT2D eigenvalue weighted by molar-refractivity contribution is -0.138. The number of anilines is 1. The van der Waals surface area contributed by atoms with Crippen LogP contribution in [0.3, 0.4) is 0 Å². The van der Waals surface area contributed by atoms with Gasteiger partial charge in [0, 0.05) is 37.4 Å². The number of hydrogen-bond acceptors (Lipinski definition) is 5. The Labute approximate surface area is 169 Å². The summed E-state index contributed by atoms with van der Waals surface area (Å²) in [7, 11) is 1.63. The molecular weight excluding hydrogens is 370 g/mol. The van der Waals surface area contributed by atoms with Crippen LogP contribution in [0.4, 0.5) is 5.69 Å². The third kappa shape index (κ3) is 3.81. The van der Waals surface area contributed by atoms with Gasteiger partial charge in [-0.05, 0) is 35.9 Å². The lowest BCUT2D eigenvalue weighted by Gasteiger charge is -2.37. The first-order valence-corrected chi connectivity index (χ1v) is 9.66. The maximum atomic E-state index is 12.7. The molecule has 0 bridgehead atoms. The molecule has 0 spiro atoms. The minimum atomic E-state index is -0.387. The first-order chi connectivity index (χ1) is 14.1. The zero-order valence-corrected chi connectivity index (χ0v) is 16.3. The van der Waals surface area contributed by atoms with Crippen LogP contribution in [0.1, 0.15) is 15.9 Å². The number of hydrogen-bond donors (Lipinski definition) is 0. The number of ether oxygens (including phenoxy) is 1. The number of carbonyl (C=O) groups is 3. The minimum Gasteiger partial charge on any atom is -0.497 e. The molecule has 0 aliphatic carbocycles. The molecule has 0 unspecified atom stereocenters. The zero-order valence-electron chi connectivity index (χ0n) is 16.3. The van der Waals surface area contributed by atoms with Gasteiger partial charge in [-0.3, -0.25) is 19.3 Å². The summed E-state index contributed by atoms with van der Waals surface area (Å²) >= 11 is 0. The fourth-order valence-electron chi connectivity index (χ4n) is 3.80. The Morgan fingerprint density at radius 1 is 0.966 bits per heavy atom. The van der Waals surface area contributed by atoms with Crippen molar-refractivity contribution in [2.75, 3.05) is 44.7 Å². The Morgan fingerprint density at radius 2 is 1.66 bits per heavy atom. The lowest BCUT2D eigenvalue weighted by atomic mass is 9.98. The van der Waals surface area contributed by atoms with Crippen LogP contribution in [-0.4, -0.2) is 67.4 Å². The monoisotopic (exact) mass is 393 g/mol. The third-order valence-electron chi connectivity index (χ3n) is 5.50. The van der Waals surface area contributed by atoms with E-state index in [-0.39, 0.29) is 30.7 Å². The van der Waals surface area contributed by atoms with Gasteiger partial charge in [-0.15, -0.1) is 0 Å². The van der Waals surface area contributed by atoms with Crippen molar-refractivity contribution in [1.29, 1.82) is 0 Å². The summed E-state index contributed by atoms with van der Waals surface area (Å²) in [4.78, 5) is 42.8. The molecule has 2 aromatic rings. The van der Waals surface area contributed by atoms with Crippen LogP contribution >= 0.6 is 0 Å². The average molecular weight is 393 g/mol. The van der Waals surface area contributed by atoms with Crippen molar-refractivity contribution in [3.8, 4) is 5.75 Å². The molecule has 0 atom stereocenters. The first-order valence-electron chi connectivity index (χ1n) is 9.66. The summed E-state index contributed by atoms with van der Waals surface area (Å²) in [6.45, 7) is 2.30. The van der Waals surface area contributed by atoms with Crippen molar-refractivity contribution < 1.29 is 19.1 Å². The Morgan fingerprint density at radius 3 is 2.34 bits per heavy atom. The summed E-state index contributed by atoms with van der Waals surface area (Å²) in [5.74, 6) is -0.0959. The van der Waals surface area contributed by atoms with E-state index in [1.165, 1.54) is 0 Å². The summed E-state index contributed by atoms with van der Waals surface area (Å²) in [5, 5.41) is 0. The lowest BCUT2D eigenvalue weighted by Crippen LogP contribution is -2.53. The van der Waals surface area contributed by atoms with Crippen molar-refractivity contribution in [3.05, 3.63) is 59.7 Å². The Bertz CT molecular complexity index is 933. The van der Waals surface area contributed by atoms with Gasteiger partial charge < -0.3 is 14.5 Å². The van der Waals surface area contributed by atoms with Gasteiger partial charge >= 0.3 is 0 Å². The van der Waals surface area contributed by atoms with Crippen LogP contribution in [0.25, 0.3) is 0 Å². The maximum Gasteiger partial charge on any atom is 0.261 e. The molecule has 1 fully saturated rings. The van der Waals surface area contributed by atoms with Crippen LogP contribution < -0.4 is 9.64 Å². The predicted molar refractivity (Wildman–Crippen MR) is 108 cm³/mol. The van der Waals surface area contributed by atoms with Crippen LogP contribution in [-0.2, 0) is 16.0 Å². The Hall–Kier alpha value is -3.35. The van der Waals surface area contributed by atoms with Crippen molar-refractivity contribution in [2.24, 2.45) is 0 Å². The molecule has 0 saturated carbocycles. The summed E-state index contributed by atoms with van der Waals surface area (Å²) in [6.07, 6.45) is 0.153. The highest BCUT2D eigenvalue weighted by molar-refractivity contribution is 6.11. The van der Waals surface area contributed by atoms with Gasteiger partial charge in [0.2, 0.25) is 11.8 Å². The Balaban J connectivity index is 1.36. The van der Waals surface area contributed by atoms with Gasteiger partial charge in [-0.1, -0.05) is 18.2 Å². The van der Waals surface area contributed by atoms with Gasteiger partial charge in [0.1, 0.15) is 12.3 Å². The average Bonchev–Trinajstić information content (AvgIpc) is 2.76. The quantitative estimate of drug-likeness (QED) is 0.738. The molecule has 0 N–H and O–H groups in total. The fourth-order valence-corrected chi connectivity index (χ4v) is 3.80. The molecule has 1 saturated heterocycles. The highest BCUT2D eigenvalue weighted by Gasteiger charge is 2.33. The second-order valence-electron chi connectivity index (χ2n) is 7.18. The van der Waals surface area contributed by atoms with Gasteiger partial charge in [0.15, 0.2) is 0 Å². The van der Waals surface area contributed by atoms with E-state index < -0.39 is 0 Å². The van der Waals surface area contributed by atoms with Crippen LogP contribution in [0.2, 0.25) is 0 Å². The molecule has 4 rings (SSSR count). The molecule has 2 aliphatic rings. The van der Waals surface area contributed by atoms with E-state index >= 15 is 0 Å². The normalized spacial score (nSPS) is 16.7. The summed E-state index contributed by atoms with van der Waals surface area (Å²) in [5.41, 5.74) is 2.31. The number of carbonyl (C=O) groups excluding carboxylic acids is 3. The number of amides is 3. The third-order valence-corrected chi connectivity index (χ3v) is 5.50. The topological polar surface area (TPSA) is 70.2 Å². The molecule has 2 aliphatic heterocycles. The van der Waals surface area contributed by atoms with E-state index in [0.29, 0.717) is 31.7 Å². The second-order valence-corrected chi connectivity index (χ2v) is 7.18. The predicted octanol–water partition coefficient (Wildman–Crippen LogP) is 1.57. The van der Waals surface area contributed by atoms with E-state index in [1.807, 2.05) is 30.3 Å². The number of fused-ring (bicyclic) bond motifs is 1. The Kier molecular flexibility index (Phi) is 5.20. The standard InChI is InChI=1S/C22H23N3O4/c1-29-18-8-6-17(7-9-18)23-10-12-24(13-11-23)21(27)15-25-20(26)14-16-4-2-3-5-19(16)22(25)28/h2-9H,10-15H2,1H3. The molecule has 0 aromatic heterocycles. The summed E-state index contributed by atoms with van der Waals surface area (Å²) in [6, 6.07) is 14.9. The maximum absolute atomic E-state index is 12.7. The van der Waals surface area contributed by atoms with Crippen molar-refractivity contribution >= 4 is 23.4 Å². The van der Waals surface area contributed by atoms with E-state index in [1.54, 1.807) is 30.2 Å². The highest BCUT2D eigenvalue weighted by Crippen LogP contribution is 2.22. The van der Waals surface area contributed by atoms with Crippen LogP contribution in [0.5, 0.6) is 5.75 Å². The molecule has 7 heteroatoms. The van der Waals surface area contributed by atoms with Crippen LogP contribution in [0.15, 0.2) is 48.5 Å². The SMILES string of the molecule is COc1ccc(N2CCN(C(=O)CN3C(=O)Cc4ccccc4C3=O)CC2)cc1. The fraction of sp³-hybridized carbons (Fsp3) is 0.318. The molecule has 2 heterocycles. The van der Waals surface area contributed by atoms with E-state index in [0.717, 1.165) is 21.9 Å². The number of benzene rings is 2. The minimum absolute atomic E-state index is 0.153. The summed E-state index contributed by atoms with van der Waals surface area (Å²) < 4.78 is 5.19. The molecule has 29 heavy (non-hydrogen) atoms. The molecule has 7 nitrogen and oxygen atoms in total. The molecule has 3 amide bonds. The van der Waals surface area contributed by atoms with E-state index in [2.05, 4.69) is 4.90 Å². The smallest absolute Gasteiger partial charge is 0.261 e. The van der Waals surface area contributed by atoms with Gasteiger partial charge in [-0.25, -0.2) is 0 Å². The highest BCUT2D eigenvalue weighted by atomic mass is 16.5. The number of imide groups is 1. The van der Waals surface area contributed by atoms with Crippen molar-refractivity contribution in [1.82, 2.24) is 9.80 Å². The van der Waals surface area contributed by atoms with Crippen LogP contribution in [0, 0.1) is 0 Å². The molecular formula is C22H23N3O4. The molecule has 0 radical (unpaired) electrons. The molecule has 2 aromatic carbocycles. The van der Waals surface area contributed by atoms with Gasteiger partial charge in [-0.2, -0.15) is 0 Å².